The second-order valence-electron chi connectivity index (χ2n) is 5.69. The van der Waals surface area contributed by atoms with Gasteiger partial charge in [-0.1, -0.05) is 19.1 Å². The average Bonchev–Trinajstić information content (AvgIpc) is 2.52. The molecule has 1 aliphatic rings. The Morgan fingerprint density at radius 2 is 2.17 bits per heavy atom. The molecule has 1 amide bonds. The highest BCUT2D eigenvalue weighted by molar-refractivity contribution is 7.90. The Balaban J connectivity index is 2.05. The Bertz CT molecular complexity index is 733. The third kappa shape index (κ3) is 4.99. The van der Waals surface area contributed by atoms with E-state index in [1.807, 2.05) is 6.07 Å². The van der Waals surface area contributed by atoms with E-state index >= 15 is 0 Å². The molecule has 1 N–H and O–H groups in total. The van der Waals surface area contributed by atoms with Crippen molar-refractivity contribution >= 4 is 29.2 Å². The summed E-state index contributed by atoms with van der Waals surface area (Å²) < 4.78 is 32.8. The lowest BCUT2D eigenvalue weighted by Gasteiger charge is -2.26. The Morgan fingerprint density at radius 1 is 1.42 bits per heavy atom. The predicted molar refractivity (Wildman–Crippen MR) is 90.1 cm³/mol. The summed E-state index contributed by atoms with van der Waals surface area (Å²) in [7, 11) is -2.92. The molecule has 0 radical (unpaired) electrons. The highest BCUT2D eigenvalue weighted by atomic mass is 32.2. The number of rotatable bonds is 6. The smallest absolute Gasteiger partial charge is 0.363 e. The van der Waals surface area contributed by atoms with Gasteiger partial charge in [-0.3, -0.25) is 4.79 Å². The van der Waals surface area contributed by atoms with E-state index in [2.05, 4.69) is 5.32 Å². The second-order valence-corrected chi connectivity index (χ2v) is 7.95. The summed E-state index contributed by atoms with van der Waals surface area (Å²) in [6.07, 6.45) is 2.04. The highest BCUT2D eigenvalue weighted by Crippen LogP contribution is 2.29. The summed E-state index contributed by atoms with van der Waals surface area (Å²) in [5.41, 5.74) is 1.07. The largest absolute Gasteiger partial charge is 0.561 e. The highest BCUT2D eigenvalue weighted by Gasteiger charge is 2.27. The van der Waals surface area contributed by atoms with Crippen molar-refractivity contribution < 1.29 is 27.4 Å². The number of ether oxygens (including phenoxy) is 1. The molecular formula is C15H20BNO6S. The number of nitrogens with one attached hydrogen (secondary N) is 1. The number of sulfone groups is 1. The quantitative estimate of drug-likeness (QED) is 0.572. The van der Waals surface area contributed by atoms with E-state index in [0.717, 1.165) is 11.8 Å². The second kappa shape index (κ2) is 7.70. The third-order valence-corrected chi connectivity index (χ3v) is 4.49. The zero-order valence-electron chi connectivity index (χ0n) is 13.7. The van der Waals surface area contributed by atoms with Crippen LogP contribution in [0.15, 0.2) is 18.2 Å². The first-order chi connectivity index (χ1) is 11.3. The fourth-order valence-corrected chi connectivity index (χ4v) is 2.76. The van der Waals surface area contributed by atoms with Gasteiger partial charge in [-0.25, -0.2) is 13.2 Å². The van der Waals surface area contributed by atoms with E-state index in [9.17, 15) is 18.0 Å². The van der Waals surface area contributed by atoms with Crippen LogP contribution in [0.25, 0.3) is 0 Å². The SMILES string of the molecule is CCC(=O)N[C@@H]1BOc2c(cccc2C(=O)OCCS(C)(=O)=O)C1. The molecule has 24 heavy (non-hydrogen) atoms. The first-order valence-electron chi connectivity index (χ1n) is 7.69. The summed E-state index contributed by atoms with van der Waals surface area (Å²) in [6.45, 7) is 1.58. The van der Waals surface area contributed by atoms with Crippen LogP contribution in [-0.2, 0) is 25.8 Å². The topological polar surface area (TPSA) is 98.8 Å². The van der Waals surface area contributed by atoms with Crippen LogP contribution in [0.3, 0.4) is 0 Å². The van der Waals surface area contributed by atoms with Crippen molar-refractivity contribution in [1.29, 1.82) is 0 Å². The van der Waals surface area contributed by atoms with Crippen LogP contribution < -0.4 is 9.97 Å². The summed E-state index contributed by atoms with van der Waals surface area (Å²) in [5.74, 6) is -0.597. The minimum absolute atomic E-state index is 0.0524. The molecule has 0 aliphatic carbocycles. The molecular weight excluding hydrogens is 333 g/mol. The molecule has 0 unspecified atom stereocenters. The van der Waals surface area contributed by atoms with Gasteiger partial charge in [-0.15, -0.1) is 0 Å². The van der Waals surface area contributed by atoms with Crippen molar-refractivity contribution in [3.63, 3.8) is 0 Å². The van der Waals surface area contributed by atoms with E-state index in [1.54, 1.807) is 19.1 Å². The first kappa shape index (κ1) is 18.3. The molecule has 1 aromatic carbocycles. The summed E-state index contributed by atoms with van der Waals surface area (Å²) >= 11 is 0. The molecule has 1 aromatic rings. The van der Waals surface area contributed by atoms with Crippen molar-refractivity contribution in [2.75, 3.05) is 18.6 Å². The number of esters is 1. The lowest BCUT2D eigenvalue weighted by atomic mass is 9.79. The maximum atomic E-state index is 12.1. The molecule has 0 saturated heterocycles. The number of carbonyl (C=O) groups is 2. The minimum Gasteiger partial charge on any atom is -0.561 e. The Hall–Kier alpha value is -2.03. The maximum Gasteiger partial charge on any atom is 0.363 e. The predicted octanol–water partition coefficient (Wildman–Crippen LogP) is 0.0267. The van der Waals surface area contributed by atoms with Crippen molar-refractivity contribution in [2.45, 2.75) is 25.7 Å². The molecule has 130 valence electrons. The first-order valence-corrected chi connectivity index (χ1v) is 9.75. The standard InChI is InChI=1S/C15H20BNO6S/c1-3-13(18)17-12-9-10-5-4-6-11(14(10)23-16-12)15(19)22-7-8-24(2,20)21/h4-6,12,16H,3,7-9H2,1-2H3,(H,17,18)/t12-/m0/s1. The number of benzene rings is 1. The number of para-hydroxylation sites is 1. The summed E-state index contributed by atoms with van der Waals surface area (Å²) in [5, 5.41) is 2.86. The van der Waals surface area contributed by atoms with Crippen LogP contribution in [-0.4, -0.2) is 52.3 Å². The Kier molecular flexibility index (Phi) is 5.87. The van der Waals surface area contributed by atoms with Gasteiger partial charge in [0.1, 0.15) is 17.9 Å². The van der Waals surface area contributed by atoms with Crippen LogP contribution in [0.4, 0.5) is 0 Å². The van der Waals surface area contributed by atoms with Gasteiger partial charge in [0.05, 0.1) is 5.75 Å². The maximum absolute atomic E-state index is 12.1. The number of fused-ring (bicyclic) bond motifs is 1. The molecule has 2 rings (SSSR count). The Labute approximate surface area is 141 Å². The van der Waals surface area contributed by atoms with E-state index in [1.165, 1.54) is 0 Å². The lowest BCUT2D eigenvalue weighted by molar-refractivity contribution is -0.121. The van der Waals surface area contributed by atoms with E-state index in [0.29, 0.717) is 18.6 Å². The van der Waals surface area contributed by atoms with Crippen LogP contribution in [0.2, 0.25) is 0 Å². The normalized spacial score (nSPS) is 16.3. The molecule has 0 saturated carbocycles. The number of amides is 1. The van der Waals surface area contributed by atoms with Crippen LogP contribution in [0, 0.1) is 0 Å². The molecule has 0 bridgehead atoms. The van der Waals surface area contributed by atoms with Crippen LogP contribution in [0.1, 0.15) is 29.3 Å². The van der Waals surface area contributed by atoms with Gasteiger partial charge < -0.3 is 14.7 Å². The van der Waals surface area contributed by atoms with Crippen molar-refractivity contribution in [1.82, 2.24) is 5.32 Å². The molecule has 9 heteroatoms. The van der Waals surface area contributed by atoms with Gasteiger partial charge in [0.25, 0.3) is 0 Å². The monoisotopic (exact) mass is 353 g/mol. The van der Waals surface area contributed by atoms with Gasteiger partial charge in [0.2, 0.25) is 5.91 Å². The number of carbonyl (C=O) groups excluding carboxylic acids is 2. The molecule has 1 atom stereocenters. The summed E-state index contributed by atoms with van der Waals surface area (Å²) in [4.78, 5) is 23.6. The zero-order chi connectivity index (χ0) is 17.7. The van der Waals surface area contributed by atoms with Crippen molar-refractivity contribution in [2.24, 2.45) is 0 Å². The fourth-order valence-electron chi connectivity index (χ4n) is 2.37. The molecule has 1 heterocycles. The minimum atomic E-state index is -3.19. The zero-order valence-corrected chi connectivity index (χ0v) is 14.5. The van der Waals surface area contributed by atoms with Gasteiger partial charge in [-0.05, 0) is 18.1 Å². The van der Waals surface area contributed by atoms with Gasteiger partial charge in [-0.2, -0.15) is 0 Å². The van der Waals surface area contributed by atoms with Gasteiger partial charge in [0, 0.05) is 18.6 Å². The molecule has 0 spiro atoms. The number of hydrogen-bond donors (Lipinski definition) is 1. The van der Waals surface area contributed by atoms with E-state index in [-0.39, 0.29) is 37.3 Å². The average molecular weight is 353 g/mol. The lowest BCUT2D eigenvalue weighted by Crippen LogP contribution is -2.45. The summed E-state index contributed by atoms with van der Waals surface area (Å²) in [6, 6.07) is 5.11. The van der Waals surface area contributed by atoms with Gasteiger partial charge in [0.15, 0.2) is 9.84 Å². The molecule has 7 nitrogen and oxygen atoms in total. The molecule has 0 aromatic heterocycles. The van der Waals surface area contributed by atoms with Gasteiger partial charge >= 0.3 is 13.5 Å². The van der Waals surface area contributed by atoms with E-state index < -0.39 is 15.8 Å². The van der Waals surface area contributed by atoms with Crippen LogP contribution in [0.5, 0.6) is 5.75 Å². The van der Waals surface area contributed by atoms with E-state index in [4.69, 9.17) is 9.39 Å². The number of hydrogen-bond acceptors (Lipinski definition) is 6. The van der Waals surface area contributed by atoms with Crippen molar-refractivity contribution in [3.05, 3.63) is 29.3 Å². The molecule has 0 fully saturated rings. The molecule has 1 aliphatic heterocycles. The fraction of sp³-hybridized carbons (Fsp3) is 0.467. The van der Waals surface area contributed by atoms with Crippen molar-refractivity contribution in [3.8, 4) is 5.75 Å². The van der Waals surface area contributed by atoms with Crippen LogP contribution >= 0.6 is 0 Å². The third-order valence-electron chi connectivity index (χ3n) is 3.59. The Morgan fingerprint density at radius 3 is 2.83 bits per heavy atom.